The van der Waals surface area contributed by atoms with Crippen molar-refractivity contribution in [2.75, 3.05) is 11.5 Å². The molecule has 0 bridgehead atoms. The summed E-state index contributed by atoms with van der Waals surface area (Å²) in [6.45, 7) is 0. The van der Waals surface area contributed by atoms with Gasteiger partial charge in [-0.05, 0) is 24.2 Å². The van der Waals surface area contributed by atoms with Gasteiger partial charge >= 0.3 is 0 Å². The minimum atomic E-state index is 0.620. The average Bonchev–Trinajstić information content (AvgIpc) is 2.19. The van der Waals surface area contributed by atoms with Crippen LogP contribution in [0.1, 0.15) is 12.0 Å². The number of hydrogen-bond acceptors (Lipinski definition) is 2. The van der Waals surface area contributed by atoms with Crippen LogP contribution in [0.25, 0.3) is 0 Å². The Morgan fingerprint density at radius 1 is 1.23 bits per heavy atom. The van der Waals surface area contributed by atoms with E-state index in [2.05, 4.69) is 30.3 Å². The van der Waals surface area contributed by atoms with Crippen molar-refractivity contribution in [2.45, 2.75) is 12.8 Å². The van der Waals surface area contributed by atoms with Gasteiger partial charge < -0.3 is 0 Å². The second kappa shape index (κ2) is 6.56. The van der Waals surface area contributed by atoms with Crippen LogP contribution < -0.4 is 0 Å². The van der Waals surface area contributed by atoms with Crippen LogP contribution in [0.2, 0.25) is 0 Å². The molecule has 1 nitrogen and oxygen atoms in total. The molecule has 1 aromatic rings. The van der Waals surface area contributed by atoms with Crippen molar-refractivity contribution >= 4 is 11.8 Å². The van der Waals surface area contributed by atoms with Gasteiger partial charge in [0, 0.05) is 0 Å². The highest BCUT2D eigenvalue weighted by Crippen LogP contribution is 2.07. The Balaban J connectivity index is 2.11. The standard InChI is InChI=1S/C11H13NS/c12-8-10-13-9-4-7-11-5-2-1-3-6-11/h1-3,5-6H,4,7,9-10H2. The zero-order valence-electron chi connectivity index (χ0n) is 7.57. The molecule has 0 saturated carbocycles. The maximum atomic E-state index is 8.31. The van der Waals surface area contributed by atoms with Crippen LogP contribution in [0.4, 0.5) is 0 Å². The first kappa shape index (κ1) is 10.1. The molecule has 0 atom stereocenters. The first-order chi connectivity index (χ1) is 6.43. The van der Waals surface area contributed by atoms with E-state index in [0.29, 0.717) is 5.75 Å². The van der Waals surface area contributed by atoms with Crippen molar-refractivity contribution in [1.82, 2.24) is 0 Å². The minimum Gasteiger partial charge on any atom is -0.197 e. The number of thioether (sulfide) groups is 1. The fraction of sp³-hybridized carbons (Fsp3) is 0.364. The third kappa shape index (κ3) is 4.59. The van der Waals surface area contributed by atoms with Gasteiger partial charge in [0.15, 0.2) is 0 Å². The summed E-state index contributed by atoms with van der Waals surface area (Å²) >= 11 is 1.71. The Hall–Kier alpha value is -0.940. The van der Waals surface area contributed by atoms with Gasteiger partial charge in [0.1, 0.15) is 0 Å². The molecule has 13 heavy (non-hydrogen) atoms. The Kier molecular flexibility index (Phi) is 5.12. The Bertz CT molecular complexity index is 263. The summed E-state index contributed by atoms with van der Waals surface area (Å²) in [7, 11) is 0. The van der Waals surface area contributed by atoms with Gasteiger partial charge in [-0.1, -0.05) is 30.3 Å². The van der Waals surface area contributed by atoms with Crippen LogP contribution in [0.15, 0.2) is 30.3 Å². The second-order valence-corrected chi connectivity index (χ2v) is 3.91. The molecule has 0 radical (unpaired) electrons. The van der Waals surface area contributed by atoms with E-state index < -0.39 is 0 Å². The Labute approximate surface area is 83.8 Å². The molecule has 68 valence electrons. The molecule has 0 spiro atoms. The minimum absolute atomic E-state index is 0.620. The van der Waals surface area contributed by atoms with Gasteiger partial charge in [-0.2, -0.15) is 5.26 Å². The number of nitriles is 1. The van der Waals surface area contributed by atoms with Crippen molar-refractivity contribution in [1.29, 1.82) is 5.26 Å². The highest BCUT2D eigenvalue weighted by atomic mass is 32.2. The second-order valence-electron chi connectivity index (χ2n) is 2.80. The van der Waals surface area contributed by atoms with Gasteiger partial charge in [-0.15, -0.1) is 11.8 Å². The largest absolute Gasteiger partial charge is 0.197 e. The molecule has 0 aliphatic heterocycles. The highest BCUT2D eigenvalue weighted by molar-refractivity contribution is 7.99. The summed E-state index contributed by atoms with van der Waals surface area (Å²) in [6.07, 6.45) is 2.29. The molecule has 0 saturated heterocycles. The molecule has 1 aromatic carbocycles. The van der Waals surface area contributed by atoms with E-state index in [4.69, 9.17) is 5.26 Å². The van der Waals surface area contributed by atoms with Crippen LogP contribution in [0.3, 0.4) is 0 Å². The quantitative estimate of drug-likeness (QED) is 0.668. The van der Waals surface area contributed by atoms with E-state index in [1.54, 1.807) is 11.8 Å². The lowest BCUT2D eigenvalue weighted by atomic mass is 10.1. The molecule has 0 aliphatic carbocycles. The van der Waals surface area contributed by atoms with E-state index in [1.165, 1.54) is 5.56 Å². The van der Waals surface area contributed by atoms with Gasteiger partial charge in [-0.3, -0.25) is 0 Å². The van der Waals surface area contributed by atoms with Crippen molar-refractivity contribution in [2.24, 2.45) is 0 Å². The predicted octanol–water partition coefficient (Wildman–Crippen LogP) is 2.88. The van der Waals surface area contributed by atoms with E-state index in [9.17, 15) is 0 Å². The molecule has 0 heterocycles. The van der Waals surface area contributed by atoms with Gasteiger partial charge in [0.25, 0.3) is 0 Å². The highest BCUT2D eigenvalue weighted by Gasteiger charge is 1.91. The first-order valence-electron chi connectivity index (χ1n) is 4.42. The van der Waals surface area contributed by atoms with Crippen molar-refractivity contribution in [3.8, 4) is 6.07 Å². The Morgan fingerprint density at radius 2 is 2.00 bits per heavy atom. The molecular formula is C11H13NS. The van der Waals surface area contributed by atoms with Gasteiger partial charge in [-0.25, -0.2) is 0 Å². The maximum Gasteiger partial charge on any atom is 0.0808 e. The summed E-state index contributed by atoms with van der Waals surface area (Å²) in [5, 5.41) is 8.31. The topological polar surface area (TPSA) is 23.8 Å². The number of aryl methyl sites for hydroxylation is 1. The summed E-state index contributed by atoms with van der Waals surface area (Å²) in [5.74, 6) is 1.71. The fourth-order valence-electron chi connectivity index (χ4n) is 1.14. The van der Waals surface area contributed by atoms with Crippen LogP contribution in [0, 0.1) is 11.3 Å². The number of rotatable bonds is 5. The number of benzene rings is 1. The third-order valence-corrected chi connectivity index (χ3v) is 2.67. The lowest BCUT2D eigenvalue weighted by Gasteiger charge is -1.99. The average molecular weight is 191 g/mol. The first-order valence-corrected chi connectivity index (χ1v) is 5.57. The van der Waals surface area contributed by atoms with Crippen molar-refractivity contribution in [3.63, 3.8) is 0 Å². The number of nitrogens with zero attached hydrogens (tertiary/aromatic N) is 1. The zero-order valence-corrected chi connectivity index (χ0v) is 8.39. The van der Waals surface area contributed by atoms with Crippen LogP contribution >= 0.6 is 11.8 Å². The van der Waals surface area contributed by atoms with E-state index in [-0.39, 0.29) is 0 Å². The molecular weight excluding hydrogens is 178 g/mol. The lowest BCUT2D eigenvalue weighted by molar-refractivity contribution is 0.934. The third-order valence-electron chi connectivity index (χ3n) is 1.76. The lowest BCUT2D eigenvalue weighted by Crippen LogP contribution is -1.87. The summed E-state index contributed by atoms with van der Waals surface area (Å²) in [4.78, 5) is 0. The van der Waals surface area contributed by atoms with E-state index in [1.807, 2.05) is 6.07 Å². The summed E-state index contributed by atoms with van der Waals surface area (Å²) in [5.41, 5.74) is 1.39. The molecule has 0 amide bonds. The fourth-order valence-corrected chi connectivity index (χ4v) is 1.72. The van der Waals surface area contributed by atoms with Crippen molar-refractivity contribution < 1.29 is 0 Å². The number of hydrogen-bond donors (Lipinski definition) is 0. The predicted molar refractivity (Wildman–Crippen MR) is 57.7 cm³/mol. The Morgan fingerprint density at radius 3 is 2.69 bits per heavy atom. The van der Waals surface area contributed by atoms with Crippen LogP contribution in [0.5, 0.6) is 0 Å². The van der Waals surface area contributed by atoms with E-state index >= 15 is 0 Å². The molecule has 0 aromatic heterocycles. The molecule has 0 N–H and O–H groups in total. The van der Waals surface area contributed by atoms with Crippen LogP contribution in [-0.4, -0.2) is 11.5 Å². The monoisotopic (exact) mass is 191 g/mol. The maximum absolute atomic E-state index is 8.31. The molecule has 0 aliphatic rings. The molecule has 1 rings (SSSR count). The summed E-state index contributed by atoms with van der Waals surface area (Å²) < 4.78 is 0. The molecule has 2 heteroatoms. The van der Waals surface area contributed by atoms with Crippen molar-refractivity contribution in [3.05, 3.63) is 35.9 Å². The summed E-state index contributed by atoms with van der Waals surface area (Å²) in [6, 6.07) is 12.6. The van der Waals surface area contributed by atoms with Gasteiger partial charge in [0.05, 0.1) is 11.8 Å². The SMILES string of the molecule is N#CCSCCCc1ccccc1. The molecule has 0 fully saturated rings. The normalized spacial score (nSPS) is 9.46. The zero-order chi connectivity index (χ0) is 9.36. The smallest absolute Gasteiger partial charge is 0.0808 e. The van der Waals surface area contributed by atoms with Crippen LogP contribution in [-0.2, 0) is 6.42 Å². The van der Waals surface area contributed by atoms with Gasteiger partial charge in [0.2, 0.25) is 0 Å². The molecule has 0 unspecified atom stereocenters. The van der Waals surface area contributed by atoms with E-state index in [0.717, 1.165) is 18.6 Å².